The molecule has 5 rings (SSSR count). The van der Waals surface area contributed by atoms with Crippen LogP contribution in [0.2, 0.25) is 0 Å². The summed E-state index contributed by atoms with van der Waals surface area (Å²) in [5.74, 6) is 1.33. The van der Waals surface area contributed by atoms with Crippen molar-refractivity contribution in [1.82, 2.24) is 19.7 Å². The number of nitrogens with two attached hydrogens (primary N) is 1. The maximum Gasteiger partial charge on any atom is 0.163 e. The third kappa shape index (κ3) is 2.53. The third-order valence-corrected chi connectivity index (χ3v) is 5.22. The molecule has 4 aromatic rings. The molecule has 2 aromatic carbocycles. The number of hydrogen-bond donors (Lipinski definition) is 1. The maximum absolute atomic E-state index is 6.09. The van der Waals surface area contributed by atoms with Gasteiger partial charge in [0, 0.05) is 5.56 Å². The number of ether oxygens (including phenoxy) is 1. The molecule has 28 heavy (non-hydrogen) atoms. The Morgan fingerprint density at radius 3 is 2.68 bits per heavy atom. The Morgan fingerprint density at radius 1 is 1.04 bits per heavy atom. The van der Waals surface area contributed by atoms with Crippen molar-refractivity contribution in [3.63, 3.8) is 0 Å². The third-order valence-electron chi connectivity index (χ3n) is 5.22. The van der Waals surface area contributed by atoms with E-state index in [-0.39, 0.29) is 6.04 Å². The van der Waals surface area contributed by atoms with Gasteiger partial charge in [-0.25, -0.2) is 14.6 Å². The van der Waals surface area contributed by atoms with E-state index in [1.807, 2.05) is 28.9 Å². The van der Waals surface area contributed by atoms with Crippen LogP contribution in [0, 0.1) is 0 Å². The Kier molecular flexibility index (Phi) is 3.83. The largest absolute Gasteiger partial charge is 0.488 e. The number of para-hydroxylation sites is 1. The minimum absolute atomic E-state index is 0.0598. The van der Waals surface area contributed by atoms with Crippen molar-refractivity contribution in [1.29, 1.82) is 0 Å². The lowest BCUT2D eigenvalue weighted by molar-refractivity contribution is 0.327. The molecule has 1 aliphatic heterocycles. The summed E-state index contributed by atoms with van der Waals surface area (Å²) in [6, 6.07) is 18.5. The van der Waals surface area contributed by atoms with Crippen molar-refractivity contribution in [3.05, 3.63) is 83.8 Å². The number of aromatic nitrogens is 4. The van der Waals surface area contributed by atoms with Gasteiger partial charge in [0.05, 0.1) is 17.6 Å². The van der Waals surface area contributed by atoms with E-state index in [0.717, 1.165) is 33.5 Å². The van der Waals surface area contributed by atoms with Crippen molar-refractivity contribution in [2.24, 2.45) is 0 Å². The molecule has 0 radical (unpaired) electrons. The van der Waals surface area contributed by atoms with E-state index in [1.165, 1.54) is 11.9 Å². The zero-order valence-corrected chi connectivity index (χ0v) is 15.4. The standard InChI is InChI=1S/C22H19N5O/c1-14(27-22-17(11-26-27)21(23)24-13-25-22)18-12-28-19-10-6-5-9-16(19)20(18)15-7-3-2-4-8-15/h2-11,13-14H,12H2,1H3,(H2,23,24,25). The number of rotatable bonds is 3. The van der Waals surface area contributed by atoms with Crippen molar-refractivity contribution < 1.29 is 4.74 Å². The molecule has 2 aromatic heterocycles. The van der Waals surface area contributed by atoms with Gasteiger partial charge < -0.3 is 10.5 Å². The second-order valence-electron chi connectivity index (χ2n) is 6.81. The molecule has 1 atom stereocenters. The second-order valence-corrected chi connectivity index (χ2v) is 6.81. The predicted molar refractivity (Wildman–Crippen MR) is 109 cm³/mol. The Balaban J connectivity index is 1.73. The van der Waals surface area contributed by atoms with Crippen LogP contribution in [-0.2, 0) is 0 Å². The summed E-state index contributed by atoms with van der Waals surface area (Å²) in [4.78, 5) is 8.47. The Hall–Kier alpha value is -3.67. The van der Waals surface area contributed by atoms with E-state index in [4.69, 9.17) is 10.5 Å². The van der Waals surface area contributed by atoms with Gasteiger partial charge in [-0.05, 0) is 29.7 Å². The first-order chi connectivity index (χ1) is 13.7. The lowest BCUT2D eigenvalue weighted by Crippen LogP contribution is -2.20. The van der Waals surface area contributed by atoms with Gasteiger partial charge in [0.25, 0.3) is 0 Å². The van der Waals surface area contributed by atoms with Crippen LogP contribution in [0.5, 0.6) is 5.75 Å². The van der Waals surface area contributed by atoms with E-state index in [2.05, 4.69) is 52.3 Å². The lowest BCUT2D eigenvalue weighted by atomic mass is 9.88. The van der Waals surface area contributed by atoms with Gasteiger partial charge in [-0.3, -0.25) is 0 Å². The zero-order valence-electron chi connectivity index (χ0n) is 15.4. The van der Waals surface area contributed by atoms with Gasteiger partial charge in [0.2, 0.25) is 0 Å². The minimum atomic E-state index is -0.0598. The second kappa shape index (κ2) is 6.49. The SMILES string of the molecule is CC(C1=C(c2ccccc2)c2ccccc2OC1)n1ncc2c(N)ncnc21. The molecule has 0 aliphatic carbocycles. The highest BCUT2D eigenvalue weighted by Gasteiger charge is 2.27. The fraction of sp³-hybridized carbons (Fsp3) is 0.136. The first kappa shape index (κ1) is 16.5. The topological polar surface area (TPSA) is 78.9 Å². The van der Waals surface area contributed by atoms with Gasteiger partial charge >= 0.3 is 0 Å². The fourth-order valence-electron chi connectivity index (χ4n) is 3.79. The summed E-state index contributed by atoms with van der Waals surface area (Å²) in [5, 5.41) is 5.32. The van der Waals surface area contributed by atoms with Crippen LogP contribution in [0.4, 0.5) is 5.82 Å². The molecule has 0 amide bonds. The monoisotopic (exact) mass is 369 g/mol. The molecule has 2 N–H and O–H groups in total. The number of anilines is 1. The van der Waals surface area contributed by atoms with Gasteiger partial charge in [-0.2, -0.15) is 5.10 Å². The van der Waals surface area contributed by atoms with Crippen LogP contribution in [0.1, 0.15) is 24.1 Å². The summed E-state index contributed by atoms with van der Waals surface area (Å²) < 4.78 is 7.98. The Morgan fingerprint density at radius 2 is 1.82 bits per heavy atom. The highest BCUT2D eigenvalue weighted by molar-refractivity contribution is 5.88. The van der Waals surface area contributed by atoms with Crippen molar-refractivity contribution in [2.75, 3.05) is 12.3 Å². The summed E-state index contributed by atoms with van der Waals surface area (Å²) >= 11 is 0. The molecular formula is C22H19N5O. The molecule has 3 heterocycles. The van der Waals surface area contributed by atoms with Crippen LogP contribution in [0.3, 0.4) is 0 Å². The minimum Gasteiger partial charge on any atom is -0.488 e. The van der Waals surface area contributed by atoms with E-state index >= 15 is 0 Å². The fourth-order valence-corrected chi connectivity index (χ4v) is 3.79. The van der Waals surface area contributed by atoms with Crippen LogP contribution < -0.4 is 10.5 Å². The number of benzene rings is 2. The average molecular weight is 369 g/mol. The van der Waals surface area contributed by atoms with Crippen LogP contribution >= 0.6 is 0 Å². The molecular weight excluding hydrogens is 350 g/mol. The van der Waals surface area contributed by atoms with Crippen LogP contribution in [-0.4, -0.2) is 26.4 Å². The summed E-state index contributed by atoms with van der Waals surface area (Å²) in [6.45, 7) is 2.60. The van der Waals surface area contributed by atoms with Gasteiger partial charge in [0.1, 0.15) is 24.5 Å². The maximum atomic E-state index is 6.09. The van der Waals surface area contributed by atoms with Gasteiger partial charge in [-0.1, -0.05) is 48.5 Å². The molecule has 0 fully saturated rings. The lowest BCUT2D eigenvalue weighted by Gasteiger charge is -2.28. The summed E-state index contributed by atoms with van der Waals surface area (Å²) in [7, 11) is 0. The Labute approximate surface area is 162 Å². The molecule has 0 saturated carbocycles. The average Bonchev–Trinajstić information content (AvgIpc) is 3.18. The normalized spacial score (nSPS) is 14.6. The molecule has 6 heteroatoms. The van der Waals surface area contributed by atoms with Crippen molar-refractivity contribution in [3.8, 4) is 5.75 Å². The van der Waals surface area contributed by atoms with Crippen LogP contribution in [0.15, 0.2) is 72.7 Å². The molecule has 1 unspecified atom stereocenters. The first-order valence-electron chi connectivity index (χ1n) is 9.18. The van der Waals surface area contributed by atoms with Gasteiger partial charge in [-0.15, -0.1) is 0 Å². The predicted octanol–water partition coefficient (Wildman–Crippen LogP) is 3.86. The van der Waals surface area contributed by atoms with E-state index in [1.54, 1.807) is 6.20 Å². The number of hydrogen-bond acceptors (Lipinski definition) is 5. The highest BCUT2D eigenvalue weighted by atomic mass is 16.5. The number of nitrogens with zero attached hydrogens (tertiary/aromatic N) is 4. The molecule has 6 nitrogen and oxygen atoms in total. The van der Waals surface area contributed by atoms with Crippen molar-refractivity contribution >= 4 is 22.4 Å². The summed E-state index contributed by atoms with van der Waals surface area (Å²) in [6.07, 6.45) is 3.20. The molecule has 0 bridgehead atoms. The molecule has 0 saturated heterocycles. The quantitative estimate of drug-likeness (QED) is 0.593. The number of nitrogen functional groups attached to an aromatic ring is 1. The van der Waals surface area contributed by atoms with E-state index < -0.39 is 0 Å². The van der Waals surface area contributed by atoms with Gasteiger partial charge in [0.15, 0.2) is 5.65 Å². The zero-order chi connectivity index (χ0) is 19.1. The van der Waals surface area contributed by atoms with Crippen molar-refractivity contribution in [2.45, 2.75) is 13.0 Å². The number of fused-ring (bicyclic) bond motifs is 2. The van der Waals surface area contributed by atoms with Crippen LogP contribution in [0.25, 0.3) is 16.6 Å². The van der Waals surface area contributed by atoms with E-state index in [9.17, 15) is 0 Å². The summed E-state index contributed by atoms with van der Waals surface area (Å²) in [5.41, 5.74) is 11.3. The molecule has 1 aliphatic rings. The Bertz CT molecular complexity index is 1200. The molecule has 0 spiro atoms. The molecule has 138 valence electrons. The first-order valence-corrected chi connectivity index (χ1v) is 9.18. The highest BCUT2D eigenvalue weighted by Crippen LogP contribution is 2.41. The van der Waals surface area contributed by atoms with E-state index in [0.29, 0.717) is 12.4 Å². The smallest absolute Gasteiger partial charge is 0.163 e.